The highest BCUT2D eigenvalue weighted by molar-refractivity contribution is 5.95. The van der Waals surface area contributed by atoms with Crippen LogP contribution in [0.25, 0.3) is 0 Å². The summed E-state index contributed by atoms with van der Waals surface area (Å²) >= 11 is 0. The molecule has 0 fully saturated rings. The Labute approximate surface area is 118 Å². The summed E-state index contributed by atoms with van der Waals surface area (Å²) in [5.41, 5.74) is 0.800. The minimum absolute atomic E-state index is 0.0259. The monoisotopic (exact) mass is 277 g/mol. The number of benzene rings is 1. The van der Waals surface area contributed by atoms with Gasteiger partial charge in [-0.3, -0.25) is 9.59 Å². The van der Waals surface area contributed by atoms with Crippen molar-refractivity contribution in [2.45, 2.75) is 38.7 Å². The topological polar surface area (TPSA) is 66.8 Å². The maximum absolute atomic E-state index is 12.3. The van der Waals surface area contributed by atoms with Crippen LogP contribution in [0.2, 0.25) is 0 Å². The molecule has 0 spiro atoms. The Morgan fingerprint density at radius 3 is 2.75 bits per heavy atom. The lowest BCUT2D eigenvalue weighted by Gasteiger charge is -2.33. The van der Waals surface area contributed by atoms with Crippen LogP contribution in [0.1, 0.15) is 32.6 Å². The Morgan fingerprint density at radius 2 is 2.00 bits per heavy atom. The molecule has 1 aliphatic rings. The molecule has 108 valence electrons. The van der Waals surface area contributed by atoms with Crippen molar-refractivity contribution in [3.05, 3.63) is 24.3 Å². The van der Waals surface area contributed by atoms with E-state index >= 15 is 0 Å². The first-order chi connectivity index (χ1) is 9.58. The third kappa shape index (κ3) is 3.50. The first-order valence-electron chi connectivity index (χ1n) is 6.86. The molecule has 1 aromatic rings. The predicted octanol–water partition coefficient (Wildman–Crippen LogP) is 2.45. The van der Waals surface area contributed by atoms with Crippen molar-refractivity contribution in [3.63, 3.8) is 0 Å². The molecule has 5 heteroatoms. The highest BCUT2D eigenvalue weighted by Gasteiger charge is 2.26. The van der Waals surface area contributed by atoms with Crippen LogP contribution >= 0.6 is 0 Å². The van der Waals surface area contributed by atoms with Gasteiger partial charge in [0.25, 0.3) is 0 Å². The van der Waals surface area contributed by atoms with E-state index in [9.17, 15) is 9.59 Å². The second-order valence-corrected chi connectivity index (χ2v) is 5.00. The van der Waals surface area contributed by atoms with E-state index in [2.05, 4.69) is 0 Å². The van der Waals surface area contributed by atoms with Gasteiger partial charge in [0.2, 0.25) is 5.91 Å². The van der Waals surface area contributed by atoms with Crippen molar-refractivity contribution in [3.8, 4) is 5.75 Å². The van der Waals surface area contributed by atoms with E-state index in [0.29, 0.717) is 25.8 Å². The average Bonchev–Trinajstić information content (AvgIpc) is 2.42. The summed E-state index contributed by atoms with van der Waals surface area (Å²) in [6.07, 6.45) is 1.58. The summed E-state index contributed by atoms with van der Waals surface area (Å²) in [6.45, 7) is 2.47. The molecule has 2 rings (SSSR count). The Bertz CT molecular complexity index is 500. The zero-order valence-corrected chi connectivity index (χ0v) is 11.5. The van der Waals surface area contributed by atoms with Gasteiger partial charge in [0, 0.05) is 12.8 Å². The fraction of sp³-hybridized carbons (Fsp3) is 0.467. The van der Waals surface area contributed by atoms with Crippen LogP contribution in [0.4, 0.5) is 5.69 Å². The van der Waals surface area contributed by atoms with E-state index in [4.69, 9.17) is 9.84 Å². The molecule has 1 heterocycles. The lowest BCUT2D eigenvalue weighted by atomic mass is 10.1. The van der Waals surface area contributed by atoms with Gasteiger partial charge in [0.05, 0.1) is 12.2 Å². The van der Waals surface area contributed by atoms with Gasteiger partial charge in [-0.2, -0.15) is 0 Å². The fourth-order valence-electron chi connectivity index (χ4n) is 2.31. The Kier molecular flexibility index (Phi) is 4.61. The maximum Gasteiger partial charge on any atom is 0.303 e. The average molecular weight is 277 g/mol. The number of rotatable bonds is 5. The number of aliphatic carboxylic acids is 1. The van der Waals surface area contributed by atoms with Crippen LogP contribution < -0.4 is 9.64 Å². The fourth-order valence-corrected chi connectivity index (χ4v) is 2.31. The zero-order chi connectivity index (χ0) is 14.5. The second kappa shape index (κ2) is 6.41. The summed E-state index contributed by atoms with van der Waals surface area (Å²) in [6, 6.07) is 7.49. The summed E-state index contributed by atoms with van der Waals surface area (Å²) in [5.74, 6) is -0.0640. The van der Waals surface area contributed by atoms with Crippen molar-refractivity contribution in [1.29, 1.82) is 0 Å². The van der Waals surface area contributed by atoms with Crippen molar-refractivity contribution in [2.24, 2.45) is 0 Å². The summed E-state index contributed by atoms with van der Waals surface area (Å²) in [7, 11) is 0. The van der Waals surface area contributed by atoms with E-state index in [1.807, 2.05) is 31.2 Å². The number of anilines is 1. The van der Waals surface area contributed by atoms with Gasteiger partial charge in [-0.1, -0.05) is 12.1 Å². The number of carbonyl (C=O) groups excluding carboxylic acids is 1. The number of fused-ring (bicyclic) bond motifs is 1. The minimum atomic E-state index is -0.817. The Morgan fingerprint density at radius 1 is 1.30 bits per heavy atom. The van der Waals surface area contributed by atoms with E-state index in [1.165, 1.54) is 0 Å². The predicted molar refractivity (Wildman–Crippen MR) is 75.0 cm³/mol. The van der Waals surface area contributed by atoms with Gasteiger partial charge in [0.15, 0.2) is 0 Å². The Hall–Kier alpha value is -2.04. The first kappa shape index (κ1) is 14.4. The zero-order valence-electron chi connectivity index (χ0n) is 11.5. The molecule has 5 nitrogen and oxygen atoms in total. The van der Waals surface area contributed by atoms with Crippen molar-refractivity contribution < 1.29 is 19.4 Å². The molecule has 1 N–H and O–H groups in total. The molecule has 0 saturated heterocycles. The molecule has 0 saturated carbocycles. The molecule has 1 amide bonds. The molecular weight excluding hydrogens is 258 g/mol. The molecule has 1 atom stereocenters. The summed E-state index contributed by atoms with van der Waals surface area (Å²) in [4.78, 5) is 24.5. The molecule has 0 bridgehead atoms. The molecule has 0 aromatic heterocycles. The number of unbranched alkanes of at least 4 members (excludes halogenated alkanes) is 1. The van der Waals surface area contributed by atoms with E-state index in [1.54, 1.807) is 4.90 Å². The van der Waals surface area contributed by atoms with Crippen molar-refractivity contribution >= 4 is 17.6 Å². The molecule has 1 aromatic carbocycles. The highest BCUT2D eigenvalue weighted by atomic mass is 16.5. The molecule has 0 aliphatic carbocycles. The Balaban J connectivity index is 1.97. The first-order valence-corrected chi connectivity index (χ1v) is 6.86. The number of hydrogen-bond acceptors (Lipinski definition) is 3. The smallest absolute Gasteiger partial charge is 0.303 e. The van der Waals surface area contributed by atoms with Crippen LogP contribution in [-0.4, -0.2) is 29.6 Å². The van der Waals surface area contributed by atoms with E-state index < -0.39 is 5.97 Å². The standard InChI is InChI=1S/C15H19NO4/c1-11-10-16(12-6-2-3-7-13(12)20-11)14(17)8-4-5-9-15(18)19/h2-3,6-7,11H,4-5,8-10H2,1H3,(H,18,19). The highest BCUT2D eigenvalue weighted by Crippen LogP contribution is 2.33. The number of carboxylic acid groups (broad SMARTS) is 1. The lowest BCUT2D eigenvalue weighted by molar-refractivity contribution is -0.137. The molecular formula is C15H19NO4. The molecule has 0 radical (unpaired) electrons. The van der Waals surface area contributed by atoms with E-state index in [0.717, 1.165) is 11.4 Å². The normalized spacial score (nSPS) is 17.2. The maximum atomic E-state index is 12.3. The number of ether oxygens (including phenoxy) is 1. The van der Waals surface area contributed by atoms with Crippen molar-refractivity contribution in [1.82, 2.24) is 0 Å². The van der Waals surface area contributed by atoms with Gasteiger partial charge >= 0.3 is 5.97 Å². The summed E-state index contributed by atoms with van der Waals surface area (Å²) in [5, 5.41) is 8.58. The van der Waals surface area contributed by atoms with Gasteiger partial charge in [-0.25, -0.2) is 0 Å². The van der Waals surface area contributed by atoms with Gasteiger partial charge in [0.1, 0.15) is 11.9 Å². The number of hydrogen-bond donors (Lipinski definition) is 1. The number of nitrogens with zero attached hydrogens (tertiary/aromatic N) is 1. The van der Waals surface area contributed by atoms with E-state index in [-0.39, 0.29) is 18.4 Å². The van der Waals surface area contributed by atoms with Crippen LogP contribution in [-0.2, 0) is 9.59 Å². The third-order valence-electron chi connectivity index (χ3n) is 3.26. The van der Waals surface area contributed by atoms with Crippen LogP contribution in [0, 0.1) is 0 Å². The van der Waals surface area contributed by atoms with Gasteiger partial charge < -0.3 is 14.7 Å². The number of carbonyl (C=O) groups is 2. The number of para-hydroxylation sites is 2. The van der Waals surface area contributed by atoms with Crippen molar-refractivity contribution in [2.75, 3.05) is 11.4 Å². The number of amides is 1. The SMILES string of the molecule is CC1CN(C(=O)CCCCC(=O)O)c2ccccc2O1. The molecule has 1 unspecified atom stereocenters. The van der Waals surface area contributed by atoms with Crippen LogP contribution in [0.15, 0.2) is 24.3 Å². The third-order valence-corrected chi connectivity index (χ3v) is 3.26. The number of carboxylic acids is 1. The molecule has 20 heavy (non-hydrogen) atoms. The van der Waals surface area contributed by atoms with Crippen LogP contribution in [0.5, 0.6) is 5.75 Å². The largest absolute Gasteiger partial charge is 0.487 e. The van der Waals surface area contributed by atoms with Gasteiger partial charge in [-0.15, -0.1) is 0 Å². The lowest BCUT2D eigenvalue weighted by Crippen LogP contribution is -2.42. The van der Waals surface area contributed by atoms with Crippen LogP contribution in [0.3, 0.4) is 0 Å². The quantitative estimate of drug-likeness (QED) is 0.839. The second-order valence-electron chi connectivity index (χ2n) is 5.00. The molecule has 1 aliphatic heterocycles. The van der Waals surface area contributed by atoms with Gasteiger partial charge in [-0.05, 0) is 31.9 Å². The summed E-state index contributed by atoms with van der Waals surface area (Å²) < 4.78 is 5.70. The minimum Gasteiger partial charge on any atom is -0.487 e.